The molecule has 0 spiro atoms. The Kier molecular flexibility index (Phi) is 8.47. The second-order valence-corrected chi connectivity index (χ2v) is 5.67. The van der Waals surface area contributed by atoms with Gasteiger partial charge in [0.2, 0.25) is 5.91 Å². The molecule has 1 N–H and O–H groups in total. The monoisotopic (exact) mass is 384 g/mol. The van der Waals surface area contributed by atoms with Crippen molar-refractivity contribution in [1.82, 2.24) is 5.32 Å². The molecule has 0 aliphatic heterocycles. The van der Waals surface area contributed by atoms with Crippen LogP contribution in [0.1, 0.15) is 18.9 Å². The van der Waals surface area contributed by atoms with E-state index in [1.165, 1.54) is 0 Å². The maximum absolute atomic E-state index is 11.4. The zero-order valence-corrected chi connectivity index (χ0v) is 16.1. The van der Waals surface area contributed by atoms with Crippen molar-refractivity contribution in [2.24, 2.45) is 0 Å². The lowest BCUT2D eigenvalue weighted by molar-refractivity contribution is -0.120. The highest BCUT2D eigenvalue weighted by Gasteiger charge is 2.08. The molecule has 0 aromatic heterocycles. The van der Waals surface area contributed by atoms with E-state index in [0.29, 0.717) is 49.4 Å². The molecule has 0 bridgehead atoms. The number of para-hydroxylation sites is 2. The summed E-state index contributed by atoms with van der Waals surface area (Å²) in [7, 11) is 1.56. The quantitative estimate of drug-likeness (QED) is 0.599. The summed E-state index contributed by atoms with van der Waals surface area (Å²) in [6, 6.07) is 14.7. The number of benzene rings is 2. The van der Waals surface area contributed by atoms with Crippen molar-refractivity contribution in [2.75, 3.05) is 26.9 Å². The molecule has 2 aromatic rings. The highest BCUT2D eigenvalue weighted by Crippen LogP contribution is 2.29. The summed E-state index contributed by atoms with van der Waals surface area (Å²) in [6.07, 6.45) is -0.167. The Labute approximate surface area is 164 Å². The molecule has 0 fully saturated rings. The predicted molar refractivity (Wildman–Crippen MR) is 104 cm³/mol. The fourth-order valence-electron chi connectivity index (χ4n) is 2.43. The van der Waals surface area contributed by atoms with Crippen LogP contribution in [-0.4, -0.2) is 32.8 Å². The third-order valence-corrected chi connectivity index (χ3v) is 3.70. The minimum atomic E-state index is -0.317. The van der Waals surface area contributed by atoms with E-state index in [9.17, 15) is 4.79 Å². The smallest absolute Gasteiger partial charge is 0.234 e. The van der Waals surface area contributed by atoms with Gasteiger partial charge in [-0.1, -0.05) is 18.2 Å². The van der Waals surface area contributed by atoms with E-state index >= 15 is 0 Å². The molecule has 28 heavy (non-hydrogen) atoms. The van der Waals surface area contributed by atoms with Gasteiger partial charge in [0.25, 0.3) is 0 Å². The van der Waals surface area contributed by atoms with E-state index < -0.39 is 0 Å². The Hall–Kier alpha value is -3.40. The van der Waals surface area contributed by atoms with Gasteiger partial charge in [-0.25, -0.2) is 0 Å². The number of rotatable bonds is 11. The molecule has 7 nitrogen and oxygen atoms in total. The molecule has 0 unspecified atom stereocenters. The van der Waals surface area contributed by atoms with Crippen LogP contribution < -0.4 is 24.3 Å². The van der Waals surface area contributed by atoms with Crippen molar-refractivity contribution in [1.29, 1.82) is 5.26 Å². The number of ether oxygens (including phenoxy) is 4. The van der Waals surface area contributed by atoms with Crippen LogP contribution in [0.2, 0.25) is 0 Å². The molecule has 0 aliphatic carbocycles. The van der Waals surface area contributed by atoms with Gasteiger partial charge in [-0.2, -0.15) is 5.26 Å². The minimum Gasteiger partial charge on any atom is -0.493 e. The first-order valence-corrected chi connectivity index (χ1v) is 8.96. The maximum atomic E-state index is 11.4. The average Bonchev–Trinajstić information content (AvgIpc) is 2.71. The van der Waals surface area contributed by atoms with Gasteiger partial charge in [-0.05, 0) is 36.8 Å². The minimum absolute atomic E-state index is 0.167. The normalized spacial score (nSPS) is 9.89. The number of amides is 1. The molecule has 0 atom stereocenters. The van der Waals surface area contributed by atoms with Crippen LogP contribution in [0.4, 0.5) is 0 Å². The first-order valence-electron chi connectivity index (χ1n) is 8.96. The Morgan fingerprint density at radius 1 is 1.00 bits per heavy atom. The molecule has 1 amide bonds. The molecule has 148 valence electrons. The third kappa shape index (κ3) is 6.40. The van der Waals surface area contributed by atoms with Gasteiger partial charge in [0.1, 0.15) is 19.6 Å². The summed E-state index contributed by atoms with van der Waals surface area (Å²) in [4.78, 5) is 11.4. The van der Waals surface area contributed by atoms with E-state index in [4.69, 9.17) is 24.2 Å². The summed E-state index contributed by atoms with van der Waals surface area (Å²) in [5.74, 6) is 2.17. The zero-order valence-electron chi connectivity index (χ0n) is 16.1. The number of hydrogen-bond donors (Lipinski definition) is 1. The molecule has 0 aliphatic rings. The van der Waals surface area contributed by atoms with Crippen molar-refractivity contribution in [3.05, 3.63) is 48.0 Å². The van der Waals surface area contributed by atoms with Crippen molar-refractivity contribution in [3.63, 3.8) is 0 Å². The Morgan fingerprint density at radius 3 is 2.32 bits per heavy atom. The molecule has 2 rings (SSSR count). The van der Waals surface area contributed by atoms with Crippen molar-refractivity contribution in [3.8, 4) is 29.1 Å². The molecule has 2 aromatic carbocycles. The largest absolute Gasteiger partial charge is 0.493 e. The van der Waals surface area contributed by atoms with Crippen LogP contribution in [-0.2, 0) is 11.3 Å². The third-order valence-electron chi connectivity index (χ3n) is 3.70. The molecule has 0 saturated carbocycles. The number of methoxy groups -OCH3 is 1. The van der Waals surface area contributed by atoms with Crippen molar-refractivity contribution < 1.29 is 23.7 Å². The predicted octanol–water partition coefficient (Wildman–Crippen LogP) is 3.08. The second-order valence-electron chi connectivity index (χ2n) is 5.67. The number of nitriles is 1. The highest BCUT2D eigenvalue weighted by molar-refractivity contribution is 5.77. The summed E-state index contributed by atoms with van der Waals surface area (Å²) in [5.41, 5.74) is 0.838. The summed E-state index contributed by atoms with van der Waals surface area (Å²) in [5, 5.41) is 11.2. The Bertz CT molecular complexity index is 817. The number of nitrogens with one attached hydrogen (secondary N) is 1. The Morgan fingerprint density at radius 2 is 1.68 bits per heavy atom. The van der Waals surface area contributed by atoms with Crippen LogP contribution in [0, 0.1) is 11.3 Å². The van der Waals surface area contributed by atoms with Crippen LogP contribution in [0.25, 0.3) is 0 Å². The first kappa shape index (κ1) is 20.9. The van der Waals surface area contributed by atoms with E-state index in [0.717, 1.165) is 5.56 Å². The van der Waals surface area contributed by atoms with Crippen molar-refractivity contribution in [2.45, 2.75) is 19.9 Å². The summed E-state index contributed by atoms with van der Waals surface area (Å²) in [6.45, 7) is 3.42. The molecule has 0 radical (unpaired) electrons. The van der Waals surface area contributed by atoms with Gasteiger partial charge in [-0.3, -0.25) is 4.79 Å². The summed E-state index contributed by atoms with van der Waals surface area (Å²) >= 11 is 0. The summed E-state index contributed by atoms with van der Waals surface area (Å²) < 4.78 is 22.4. The van der Waals surface area contributed by atoms with E-state index in [-0.39, 0.29) is 12.3 Å². The number of carbonyl (C=O) groups excluding carboxylic acids is 1. The molecular formula is C21H24N2O5. The number of carbonyl (C=O) groups is 1. The fourth-order valence-corrected chi connectivity index (χ4v) is 2.43. The van der Waals surface area contributed by atoms with Gasteiger partial charge in [0.05, 0.1) is 19.8 Å². The lowest BCUT2D eigenvalue weighted by atomic mass is 10.2. The Balaban J connectivity index is 1.91. The maximum Gasteiger partial charge on any atom is 0.234 e. The standard InChI is InChI=1S/C21H24N2O5/c1-3-26-18-6-4-5-7-19(18)27-12-13-28-20-14-16(8-9-17(20)25-2)15-23-21(24)10-11-22/h4-9,14H,3,10,12-13,15H2,1-2H3,(H,23,24). The molecule has 0 saturated heterocycles. The first-order chi connectivity index (χ1) is 13.7. The van der Waals surface area contributed by atoms with Gasteiger partial charge in [0.15, 0.2) is 23.0 Å². The molecular weight excluding hydrogens is 360 g/mol. The van der Waals surface area contributed by atoms with Gasteiger partial charge >= 0.3 is 0 Å². The van der Waals surface area contributed by atoms with Crippen LogP contribution in [0.15, 0.2) is 42.5 Å². The average molecular weight is 384 g/mol. The van der Waals surface area contributed by atoms with Crippen LogP contribution in [0.3, 0.4) is 0 Å². The number of hydrogen-bond acceptors (Lipinski definition) is 6. The van der Waals surface area contributed by atoms with Crippen LogP contribution in [0.5, 0.6) is 23.0 Å². The SMILES string of the molecule is CCOc1ccccc1OCCOc1cc(CNC(=O)CC#N)ccc1OC. The van der Waals surface area contributed by atoms with Gasteiger partial charge < -0.3 is 24.3 Å². The van der Waals surface area contributed by atoms with Crippen molar-refractivity contribution >= 4 is 5.91 Å². The lowest BCUT2D eigenvalue weighted by Crippen LogP contribution is -2.21. The second kappa shape index (κ2) is 11.3. The lowest BCUT2D eigenvalue weighted by Gasteiger charge is -2.14. The zero-order chi connectivity index (χ0) is 20.2. The van der Waals surface area contributed by atoms with Crippen LogP contribution >= 0.6 is 0 Å². The van der Waals surface area contributed by atoms with E-state index in [1.54, 1.807) is 19.2 Å². The molecule has 0 heterocycles. The van der Waals surface area contributed by atoms with Gasteiger partial charge in [0, 0.05) is 6.54 Å². The fraction of sp³-hybridized carbons (Fsp3) is 0.333. The topological polar surface area (TPSA) is 89.8 Å². The van der Waals surface area contributed by atoms with E-state index in [2.05, 4.69) is 5.32 Å². The number of nitrogens with zero attached hydrogens (tertiary/aromatic N) is 1. The molecule has 7 heteroatoms. The van der Waals surface area contributed by atoms with E-state index in [1.807, 2.05) is 43.3 Å². The highest BCUT2D eigenvalue weighted by atomic mass is 16.5. The van der Waals surface area contributed by atoms with Gasteiger partial charge in [-0.15, -0.1) is 0 Å².